The molecule has 24 heavy (non-hydrogen) atoms. The monoisotopic (exact) mass is 320 g/mol. The zero-order valence-corrected chi connectivity index (χ0v) is 13.4. The summed E-state index contributed by atoms with van der Waals surface area (Å²) in [6.45, 7) is 1.88. The Labute approximate surface area is 138 Å². The quantitative estimate of drug-likeness (QED) is 0.573. The fourth-order valence-corrected chi connectivity index (χ4v) is 2.54. The van der Waals surface area contributed by atoms with Crippen molar-refractivity contribution in [2.75, 3.05) is 0 Å². The summed E-state index contributed by atoms with van der Waals surface area (Å²) < 4.78 is 13.1. The predicted octanol–water partition coefficient (Wildman–Crippen LogP) is 3.76. The van der Waals surface area contributed by atoms with Gasteiger partial charge in [-0.1, -0.05) is 23.4 Å². The number of aromatic nitrogens is 4. The molecule has 0 bridgehead atoms. The van der Waals surface area contributed by atoms with Gasteiger partial charge in [-0.05, 0) is 37.3 Å². The molecule has 2 aromatic heterocycles. The standard InChI is InChI=1S/C18H16N4O2/c1-12(23-14-6-4-3-5-7-14)18-20-17(21-24-18)13-8-9-15-16(10-13)22(2)11-19-15/h3-12H,1-2H3/t12-/m0/s1. The molecular weight excluding hydrogens is 304 g/mol. The van der Waals surface area contributed by atoms with Gasteiger partial charge in [-0.25, -0.2) is 4.98 Å². The lowest BCUT2D eigenvalue weighted by atomic mass is 10.2. The molecule has 0 fully saturated rings. The molecule has 0 N–H and O–H groups in total. The third kappa shape index (κ3) is 2.62. The molecule has 4 rings (SSSR count). The molecule has 0 aliphatic heterocycles. The van der Waals surface area contributed by atoms with E-state index in [4.69, 9.17) is 9.26 Å². The zero-order valence-electron chi connectivity index (χ0n) is 13.4. The molecule has 0 aliphatic rings. The molecule has 0 aliphatic carbocycles. The highest BCUT2D eigenvalue weighted by atomic mass is 16.5. The van der Waals surface area contributed by atoms with E-state index < -0.39 is 0 Å². The van der Waals surface area contributed by atoms with E-state index in [1.165, 1.54) is 0 Å². The summed E-state index contributed by atoms with van der Waals surface area (Å²) in [5.74, 6) is 1.75. The van der Waals surface area contributed by atoms with Crippen molar-refractivity contribution in [1.29, 1.82) is 0 Å². The van der Waals surface area contributed by atoms with Crippen LogP contribution in [0, 0.1) is 0 Å². The summed E-state index contributed by atoms with van der Waals surface area (Å²) >= 11 is 0. The van der Waals surface area contributed by atoms with Gasteiger partial charge in [0.15, 0.2) is 6.10 Å². The number of nitrogens with zero attached hydrogens (tertiary/aromatic N) is 4. The third-order valence-corrected chi connectivity index (χ3v) is 3.83. The molecule has 0 spiro atoms. The van der Waals surface area contributed by atoms with Crippen molar-refractivity contribution < 1.29 is 9.26 Å². The van der Waals surface area contributed by atoms with Gasteiger partial charge < -0.3 is 13.8 Å². The maximum atomic E-state index is 5.82. The number of ether oxygens (including phenoxy) is 1. The van der Waals surface area contributed by atoms with E-state index in [2.05, 4.69) is 15.1 Å². The van der Waals surface area contributed by atoms with E-state index in [0.717, 1.165) is 22.3 Å². The largest absolute Gasteiger partial charge is 0.481 e. The minimum absolute atomic E-state index is 0.325. The van der Waals surface area contributed by atoms with Gasteiger partial charge in [0.05, 0.1) is 17.4 Å². The number of benzene rings is 2. The maximum Gasteiger partial charge on any atom is 0.267 e. The van der Waals surface area contributed by atoms with Gasteiger partial charge in [0.2, 0.25) is 5.82 Å². The van der Waals surface area contributed by atoms with E-state index in [-0.39, 0.29) is 6.10 Å². The first kappa shape index (κ1) is 14.4. The number of aryl methyl sites for hydroxylation is 1. The van der Waals surface area contributed by atoms with Crippen molar-refractivity contribution in [3.63, 3.8) is 0 Å². The van der Waals surface area contributed by atoms with Gasteiger partial charge in [0, 0.05) is 12.6 Å². The van der Waals surface area contributed by atoms with Crippen LogP contribution in [-0.2, 0) is 7.05 Å². The number of fused-ring (bicyclic) bond motifs is 1. The number of rotatable bonds is 4. The highest BCUT2D eigenvalue weighted by molar-refractivity contribution is 5.80. The predicted molar refractivity (Wildman–Crippen MR) is 89.5 cm³/mol. The molecule has 0 radical (unpaired) electrons. The van der Waals surface area contributed by atoms with Crippen molar-refractivity contribution in [3.05, 3.63) is 60.7 Å². The second-order valence-electron chi connectivity index (χ2n) is 5.59. The molecule has 6 nitrogen and oxygen atoms in total. The molecule has 1 atom stereocenters. The highest BCUT2D eigenvalue weighted by Gasteiger charge is 2.17. The van der Waals surface area contributed by atoms with E-state index in [1.807, 2.05) is 67.1 Å². The minimum Gasteiger partial charge on any atom is -0.481 e. The Kier molecular flexibility index (Phi) is 3.49. The Morgan fingerprint density at radius 3 is 2.79 bits per heavy atom. The average molecular weight is 320 g/mol. The van der Waals surface area contributed by atoms with Crippen molar-refractivity contribution in [3.8, 4) is 17.1 Å². The van der Waals surface area contributed by atoms with Gasteiger partial charge in [-0.15, -0.1) is 0 Å². The molecule has 2 aromatic carbocycles. The highest BCUT2D eigenvalue weighted by Crippen LogP contribution is 2.25. The van der Waals surface area contributed by atoms with Crippen LogP contribution in [0.2, 0.25) is 0 Å². The van der Waals surface area contributed by atoms with Crippen LogP contribution in [0.15, 0.2) is 59.4 Å². The van der Waals surface area contributed by atoms with E-state index in [9.17, 15) is 0 Å². The van der Waals surface area contributed by atoms with Crippen LogP contribution in [0.1, 0.15) is 18.9 Å². The molecule has 120 valence electrons. The van der Waals surface area contributed by atoms with Crippen molar-refractivity contribution in [1.82, 2.24) is 19.7 Å². The molecular formula is C18H16N4O2. The number of para-hydroxylation sites is 1. The summed E-state index contributed by atoms with van der Waals surface area (Å²) in [4.78, 5) is 8.78. The van der Waals surface area contributed by atoms with Crippen LogP contribution >= 0.6 is 0 Å². The Morgan fingerprint density at radius 2 is 1.96 bits per heavy atom. The topological polar surface area (TPSA) is 66.0 Å². The van der Waals surface area contributed by atoms with Gasteiger partial charge >= 0.3 is 0 Å². The van der Waals surface area contributed by atoms with Crippen LogP contribution in [0.25, 0.3) is 22.4 Å². The van der Waals surface area contributed by atoms with Crippen LogP contribution in [-0.4, -0.2) is 19.7 Å². The number of hydrogen-bond donors (Lipinski definition) is 0. The van der Waals surface area contributed by atoms with Gasteiger partial charge in [-0.2, -0.15) is 4.98 Å². The fraction of sp³-hybridized carbons (Fsp3) is 0.167. The van der Waals surface area contributed by atoms with Crippen LogP contribution < -0.4 is 4.74 Å². The van der Waals surface area contributed by atoms with Crippen molar-refractivity contribution in [2.45, 2.75) is 13.0 Å². The summed E-state index contributed by atoms with van der Waals surface area (Å²) in [5, 5.41) is 4.07. The van der Waals surface area contributed by atoms with Gasteiger partial charge in [-0.3, -0.25) is 0 Å². The maximum absolute atomic E-state index is 5.82. The van der Waals surface area contributed by atoms with E-state index >= 15 is 0 Å². The Balaban J connectivity index is 1.60. The van der Waals surface area contributed by atoms with E-state index in [0.29, 0.717) is 11.7 Å². The van der Waals surface area contributed by atoms with E-state index in [1.54, 1.807) is 6.33 Å². The first-order chi connectivity index (χ1) is 11.7. The van der Waals surface area contributed by atoms with Crippen LogP contribution in [0.5, 0.6) is 5.75 Å². The average Bonchev–Trinajstić information content (AvgIpc) is 3.23. The number of hydrogen-bond acceptors (Lipinski definition) is 5. The lowest BCUT2D eigenvalue weighted by Crippen LogP contribution is -2.03. The van der Waals surface area contributed by atoms with Crippen LogP contribution in [0.4, 0.5) is 0 Å². The molecule has 6 heteroatoms. The van der Waals surface area contributed by atoms with Crippen molar-refractivity contribution in [2.24, 2.45) is 7.05 Å². The first-order valence-corrected chi connectivity index (χ1v) is 7.67. The summed E-state index contributed by atoms with van der Waals surface area (Å²) in [6.07, 6.45) is 1.46. The second kappa shape index (κ2) is 5.81. The van der Waals surface area contributed by atoms with Gasteiger partial charge in [0.1, 0.15) is 5.75 Å². The second-order valence-corrected chi connectivity index (χ2v) is 5.59. The number of imidazole rings is 1. The normalized spacial score (nSPS) is 12.4. The lowest BCUT2D eigenvalue weighted by Gasteiger charge is -2.09. The molecule has 0 saturated carbocycles. The Morgan fingerprint density at radius 1 is 1.12 bits per heavy atom. The summed E-state index contributed by atoms with van der Waals surface area (Å²) in [5.41, 5.74) is 2.84. The van der Waals surface area contributed by atoms with Crippen LogP contribution in [0.3, 0.4) is 0 Å². The Hall–Kier alpha value is -3.15. The zero-order chi connectivity index (χ0) is 16.5. The molecule has 0 saturated heterocycles. The third-order valence-electron chi connectivity index (χ3n) is 3.83. The van der Waals surface area contributed by atoms with Crippen molar-refractivity contribution >= 4 is 11.0 Å². The molecule has 4 aromatic rings. The molecule has 2 heterocycles. The smallest absolute Gasteiger partial charge is 0.267 e. The minimum atomic E-state index is -0.325. The SMILES string of the molecule is C[C@H](Oc1ccccc1)c1nc(-c2ccc3ncn(C)c3c2)no1. The Bertz CT molecular complexity index is 975. The first-order valence-electron chi connectivity index (χ1n) is 7.67. The molecule has 0 amide bonds. The summed E-state index contributed by atoms with van der Waals surface area (Å²) in [7, 11) is 1.95. The lowest BCUT2D eigenvalue weighted by molar-refractivity contribution is 0.176. The molecule has 0 unspecified atom stereocenters. The van der Waals surface area contributed by atoms with Gasteiger partial charge in [0.25, 0.3) is 5.89 Å². The fourth-order valence-electron chi connectivity index (χ4n) is 2.54. The summed E-state index contributed by atoms with van der Waals surface area (Å²) in [6, 6.07) is 15.5.